The number of carbonyl (C=O) groups is 2. The summed E-state index contributed by atoms with van der Waals surface area (Å²) in [7, 11) is 0. The smallest absolute Gasteiger partial charge is 0.295 e. The minimum atomic E-state index is -0.396. The van der Waals surface area contributed by atoms with Crippen molar-refractivity contribution in [2.45, 2.75) is 13.3 Å². The molecule has 2 aromatic rings. The van der Waals surface area contributed by atoms with Crippen molar-refractivity contribution in [3.05, 3.63) is 41.5 Å². The van der Waals surface area contributed by atoms with E-state index in [1.54, 1.807) is 31.2 Å². The molecule has 1 aromatic heterocycles. The standard InChI is InChI=1S/C12H13N5O2/c1-7-14-11(17-16-7)12(19)15-9-4-2-8(3-5-9)6-10(13)18/h2-5H,6H2,1H3,(H2,13,18)(H,15,19)(H,14,16,17). The van der Waals surface area contributed by atoms with Crippen LogP contribution >= 0.6 is 0 Å². The highest BCUT2D eigenvalue weighted by atomic mass is 16.2. The number of aryl methyl sites for hydroxylation is 1. The second-order valence-corrected chi connectivity index (χ2v) is 4.04. The van der Waals surface area contributed by atoms with Gasteiger partial charge in [-0.3, -0.25) is 14.7 Å². The normalized spacial score (nSPS) is 10.2. The Morgan fingerprint density at radius 3 is 2.53 bits per heavy atom. The zero-order valence-electron chi connectivity index (χ0n) is 10.3. The second kappa shape index (κ2) is 5.30. The fourth-order valence-corrected chi connectivity index (χ4v) is 1.54. The molecule has 7 nitrogen and oxygen atoms in total. The van der Waals surface area contributed by atoms with Crippen LogP contribution in [0.2, 0.25) is 0 Å². The molecule has 2 amide bonds. The van der Waals surface area contributed by atoms with Gasteiger partial charge in [-0.25, -0.2) is 4.98 Å². The maximum absolute atomic E-state index is 11.8. The molecule has 0 aliphatic carbocycles. The number of carbonyl (C=O) groups excluding carboxylic acids is 2. The van der Waals surface area contributed by atoms with E-state index in [0.29, 0.717) is 11.5 Å². The molecule has 98 valence electrons. The molecule has 0 bridgehead atoms. The average Bonchev–Trinajstić information content (AvgIpc) is 2.78. The van der Waals surface area contributed by atoms with Crippen molar-refractivity contribution in [3.8, 4) is 0 Å². The number of hydrogen-bond donors (Lipinski definition) is 3. The van der Waals surface area contributed by atoms with Gasteiger partial charge in [-0.15, -0.1) is 5.10 Å². The predicted octanol–water partition coefficient (Wildman–Crippen LogP) is 0.393. The first-order valence-corrected chi connectivity index (χ1v) is 5.62. The molecule has 0 spiro atoms. The number of H-pyrrole nitrogens is 1. The summed E-state index contributed by atoms with van der Waals surface area (Å²) in [6.07, 6.45) is 0.175. The van der Waals surface area contributed by atoms with Crippen LogP contribution in [0.4, 0.5) is 5.69 Å². The molecule has 0 saturated heterocycles. The van der Waals surface area contributed by atoms with Gasteiger partial charge in [-0.2, -0.15) is 0 Å². The molecule has 0 aliphatic heterocycles. The van der Waals surface area contributed by atoms with Gasteiger partial charge in [0.2, 0.25) is 11.7 Å². The molecule has 0 aliphatic rings. The maximum Gasteiger partial charge on any atom is 0.295 e. The van der Waals surface area contributed by atoms with Crippen molar-refractivity contribution in [1.29, 1.82) is 0 Å². The van der Waals surface area contributed by atoms with Gasteiger partial charge in [-0.05, 0) is 24.6 Å². The third-order valence-corrected chi connectivity index (χ3v) is 2.39. The lowest BCUT2D eigenvalue weighted by Gasteiger charge is -2.03. The lowest BCUT2D eigenvalue weighted by Crippen LogP contribution is -2.15. The Bertz CT molecular complexity index is 603. The highest BCUT2D eigenvalue weighted by molar-refractivity contribution is 6.01. The van der Waals surface area contributed by atoms with Crippen LogP contribution in [-0.2, 0) is 11.2 Å². The summed E-state index contributed by atoms with van der Waals surface area (Å²) in [6, 6.07) is 6.83. The van der Waals surface area contributed by atoms with E-state index >= 15 is 0 Å². The first kappa shape index (κ1) is 12.7. The summed E-state index contributed by atoms with van der Waals surface area (Å²) in [6.45, 7) is 1.71. The van der Waals surface area contributed by atoms with Crippen molar-refractivity contribution in [2.75, 3.05) is 5.32 Å². The number of hydrogen-bond acceptors (Lipinski definition) is 4. The number of amides is 2. The summed E-state index contributed by atoms with van der Waals surface area (Å²) in [5, 5.41) is 9.00. The summed E-state index contributed by atoms with van der Waals surface area (Å²) < 4.78 is 0. The number of primary amides is 1. The highest BCUT2D eigenvalue weighted by Gasteiger charge is 2.11. The van der Waals surface area contributed by atoms with Gasteiger partial charge in [0, 0.05) is 5.69 Å². The number of anilines is 1. The second-order valence-electron chi connectivity index (χ2n) is 4.04. The lowest BCUT2D eigenvalue weighted by molar-refractivity contribution is -0.117. The minimum absolute atomic E-state index is 0.0821. The molecule has 19 heavy (non-hydrogen) atoms. The van der Waals surface area contributed by atoms with Crippen molar-refractivity contribution >= 4 is 17.5 Å². The van der Waals surface area contributed by atoms with E-state index in [0.717, 1.165) is 5.56 Å². The van der Waals surface area contributed by atoms with Gasteiger partial charge >= 0.3 is 0 Å². The molecule has 7 heteroatoms. The Kier molecular flexibility index (Phi) is 3.56. The summed E-state index contributed by atoms with van der Waals surface area (Å²) in [5.74, 6) is -0.138. The zero-order valence-corrected chi connectivity index (χ0v) is 10.3. The van der Waals surface area contributed by atoms with Crippen molar-refractivity contribution in [1.82, 2.24) is 15.2 Å². The quantitative estimate of drug-likeness (QED) is 0.737. The first-order valence-electron chi connectivity index (χ1n) is 5.62. The molecule has 1 heterocycles. The number of nitrogens with one attached hydrogen (secondary N) is 2. The van der Waals surface area contributed by atoms with Crippen LogP contribution in [-0.4, -0.2) is 27.0 Å². The van der Waals surface area contributed by atoms with Gasteiger partial charge < -0.3 is 11.1 Å². The van der Waals surface area contributed by atoms with Crippen molar-refractivity contribution in [2.24, 2.45) is 5.73 Å². The van der Waals surface area contributed by atoms with Crippen LogP contribution in [0.5, 0.6) is 0 Å². The fourth-order valence-electron chi connectivity index (χ4n) is 1.54. The number of aromatic nitrogens is 3. The van der Waals surface area contributed by atoms with Gasteiger partial charge in [0.05, 0.1) is 6.42 Å². The topological polar surface area (TPSA) is 114 Å². The van der Waals surface area contributed by atoms with E-state index in [-0.39, 0.29) is 12.2 Å². The van der Waals surface area contributed by atoms with Gasteiger partial charge in [0.15, 0.2) is 0 Å². The monoisotopic (exact) mass is 259 g/mol. The maximum atomic E-state index is 11.8. The van der Waals surface area contributed by atoms with E-state index < -0.39 is 11.8 Å². The first-order chi connectivity index (χ1) is 9.04. The van der Waals surface area contributed by atoms with Crippen LogP contribution in [0, 0.1) is 6.92 Å². The Morgan fingerprint density at radius 1 is 1.32 bits per heavy atom. The largest absolute Gasteiger partial charge is 0.369 e. The van der Waals surface area contributed by atoms with E-state index in [1.165, 1.54) is 0 Å². The van der Waals surface area contributed by atoms with Gasteiger partial charge in [0.1, 0.15) is 5.82 Å². The molecule has 0 fully saturated rings. The van der Waals surface area contributed by atoms with Crippen molar-refractivity contribution in [3.63, 3.8) is 0 Å². The number of nitrogens with zero attached hydrogens (tertiary/aromatic N) is 2. The van der Waals surface area contributed by atoms with E-state index in [2.05, 4.69) is 20.5 Å². The third kappa shape index (κ3) is 3.38. The van der Waals surface area contributed by atoms with Gasteiger partial charge in [0.25, 0.3) is 5.91 Å². The molecule has 2 rings (SSSR count). The molecule has 4 N–H and O–H groups in total. The van der Waals surface area contributed by atoms with Crippen LogP contribution in [0.1, 0.15) is 22.0 Å². The molecule has 0 unspecified atom stereocenters. The Labute approximate surface area is 109 Å². The number of benzene rings is 1. The number of aromatic amines is 1. The van der Waals surface area contributed by atoms with Crippen molar-refractivity contribution < 1.29 is 9.59 Å². The number of rotatable bonds is 4. The fraction of sp³-hybridized carbons (Fsp3) is 0.167. The molecule has 1 aromatic carbocycles. The minimum Gasteiger partial charge on any atom is -0.369 e. The predicted molar refractivity (Wildman–Crippen MR) is 68.4 cm³/mol. The van der Waals surface area contributed by atoms with Crippen LogP contribution < -0.4 is 11.1 Å². The Balaban J connectivity index is 2.03. The van der Waals surface area contributed by atoms with E-state index in [1.807, 2.05) is 0 Å². The van der Waals surface area contributed by atoms with Gasteiger partial charge in [-0.1, -0.05) is 12.1 Å². The SMILES string of the molecule is Cc1nc(C(=O)Nc2ccc(CC(N)=O)cc2)n[nH]1. The molecule has 0 radical (unpaired) electrons. The average molecular weight is 259 g/mol. The third-order valence-electron chi connectivity index (χ3n) is 2.39. The summed E-state index contributed by atoms with van der Waals surface area (Å²) in [5.41, 5.74) is 6.48. The number of nitrogens with two attached hydrogens (primary N) is 1. The molecular formula is C12H13N5O2. The Morgan fingerprint density at radius 2 is 2.00 bits per heavy atom. The van der Waals surface area contributed by atoms with Crippen LogP contribution in [0.15, 0.2) is 24.3 Å². The summed E-state index contributed by atoms with van der Waals surface area (Å²) in [4.78, 5) is 26.4. The lowest BCUT2D eigenvalue weighted by atomic mass is 10.1. The van der Waals surface area contributed by atoms with E-state index in [9.17, 15) is 9.59 Å². The molecule has 0 atom stereocenters. The summed E-state index contributed by atoms with van der Waals surface area (Å²) >= 11 is 0. The van der Waals surface area contributed by atoms with E-state index in [4.69, 9.17) is 5.73 Å². The zero-order chi connectivity index (χ0) is 13.8. The molecular weight excluding hydrogens is 246 g/mol. The van der Waals surface area contributed by atoms with Crippen LogP contribution in [0.3, 0.4) is 0 Å². The Hall–Kier alpha value is -2.70. The van der Waals surface area contributed by atoms with Crippen LogP contribution in [0.25, 0.3) is 0 Å². The molecule has 0 saturated carbocycles. The highest BCUT2D eigenvalue weighted by Crippen LogP contribution is 2.10.